The third-order valence-corrected chi connectivity index (χ3v) is 5.18. The Morgan fingerprint density at radius 2 is 1.70 bits per heavy atom. The first-order valence-electron chi connectivity index (χ1n) is 8.19. The fraction of sp³-hybridized carbons (Fsp3) is 0.647. The minimum atomic E-state index is -4.11. The van der Waals surface area contributed by atoms with Gasteiger partial charge in [-0.1, -0.05) is 12.1 Å². The van der Waals surface area contributed by atoms with Crippen molar-refractivity contribution in [3.63, 3.8) is 0 Å². The predicted octanol–water partition coefficient (Wildman–Crippen LogP) is 3.40. The van der Waals surface area contributed by atoms with Gasteiger partial charge in [0.2, 0.25) is 0 Å². The molecule has 23 heavy (non-hydrogen) atoms. The zero-order valence-corrected chi connectivity index (χ0v) is 13.0. The van der Waals surface area contributed by atoms with E-state index in [0.717, 1.165) is 31.5 Å². The summed E-state index contributed by atoms with van der Waals surface area (Å²) < 4.78 is 51.9. The molecule has 2 aliphatic rings. The van der Waals surface area contributed by atoms with Gasteiger partial charge in [-0.15, -0.1) is 0 Å². The van der Waals surface area contributed by atoms with Gasteiger partial charge in [-0.05, 0) is 62.0 Å². The van der Waals surface area contributed by atoms with Crippen molar-refractivity contribution in [2.24, 2.45) is 11.8 Å². The normalized spacial score (nSPS) is 27.5. The Morgan fingerprint density at radius 3 is 2.30 bits per heavy atom. The van der Waals surface area contributed by atoms with Crippen molar-refractivity contribution >= 4 is 0 Å². The molecular formula is C17H22F4N2. The van der Waals surface area contributed by atoms with Crippen molar-refractivity contribution in [1.29, 1.82) is 0 Å². The van der Waals surface area contributed by atoms with Crippen LogP contribution >= 0.6 is 0 Å². The Bertz CT molecular complexity index is 506. The molecule has 0 bridgehead atoms. The molecule has 0 unspecified atom stereocenters. The topological polar surface area (TPSA) is 15.3 Å². The second kappa shape index (κ2) is 6.77. The number of nitrogens with zero attached hydrogens (tertiary/aromatic N) is 1. The van der Waals surface area contributed by atoms with Crippen LogP contribution in [0.5, 0.6) is 0 Å². The number of hydrogen-bond donors (Lipinski definition) is 1. The Kier molecular flexibility index (Phi) is 4.92. The number of hydrogen-bond acceptors (Lipinski definition) is 2. The molecule has 0 amide bonds. The second-order valence-corrected chi connectivity index (χ2v) is 6.69. The molecule has 6 heteroatoms. The monoisotopic (exact) mass is 330 g/mol. The molecule has 2 nitrogen and oxygen atoms in total. The first-order chi connectivity index (χ1) is 10.9. The number of alkyl halides is 3. The molecule has 2 fully saturated rings. The summed E-state index contributed by atoms with van der Waals surface area (Å²) in [5, 5.41) is 2.88. The van der Waals surface area contributed by atoms with Gasteiger partial charge in [0.25, 0.3) is 0 Å². The van der Waals surface area contributed by atoms with Crippen LogP contribution < -0.4 is 5.32 Å². The summed E-state index contributed by atoms with van der Waals surface area (Å²) in [6.07, 6.45) is -2.27. The van der Waals surface area contributed by atoms with E-state index in [-0.39, 0.29) is 18.3 Å². The molecule has 0 aromatic heterocycles. The predicted molar refractivity (Wildman–Crippen MR) is 80.7 cm³/mol. The molecule has 1 N–H and O–H groups in total. The lowest BCUT2D eigenvalue weighted by molar-refractivity contribution is -0.180. The SMILES string of the molecule is Fc1ccc(C2CCN(C[C@@H]3CNC[C@H]3C(F)(F)F)CC2)cc1. The van der Waals surface area contributed by atoms with Crippen LogP contribution in [0.4, 0.5) is 17.6 Å². The first kappa shape index (κ1) is 16.7. The highest BCUT2D eigenvalue weighted by molar-refractivity contribution is 5.21. The molecule has 0 radical (unpaired) electrons. The fourth-order valence-electron chi connectivity index (χ4n) is 3.82. The Labute approximate surface area is 133 Å². The second-order valence-electron chi connectivity index (χ2n) is 6.69. The van der Waals surface area contributed by atoms with E-state index in [9.17, 15) is 17.6 Å². The maximum atomic E-state index is 13.0. The molecule has 2 atom stereocenters. The smallest absolute Gasteiger partial charge is 0.316 e. The van der Waals surface area contributed by atoms with Crippen LogP contribution in [-0.2, 0) is 0 Å². The molecule has 2 heterocycles. The van der Waals surface area contributed by atoms with E-state index < -0.39 is 12.1 Å². The zero-order chi connectivity index (χ0) is 16.4. The van der Waals surface area contributed by atoms with E-state index in [2.05, 4.69) is 10.2 Å². The minimum absolute atomic E-state index is 0.0419. The molecule has 128 valence electrons. The number of benzene rings is 1. The van der Waals surface area contributed by atoms with Gasteiger partial charge in [-0.3, -0.25) is 0 Å². The average molecular weight is 330 g/mol. The number of likely N-dealkylation sites (tertiary alicyclic amines) is 1. The third kappa shape index (κ3) is 4.04. The standard InChI is InChI=1S/C17H22F4N2/c18-15-3-1-12(2-4-15)13-5-7-23(8-6-13)11-14-9-22-10-16(14)17(19,20)21/h1-4,13-14,16,22H,5-11H2/t14-,16+/m0/s1. The highest BCUT2D eigenvalue weighted by Crippen LogP contribution is 2.36. The van der Waals surface area contributed by atoms with Gasteiger partial charge < -0.3 is 10.2 Å². The lowest BCUT2D eigenvalue weighted by Crippen LogP contribution is -2.41. The van der Waals surface area contributed by atoms with Crippen LogP contribution in [0.1, 0.15) is 24.3 Å². The highest BCUT2D eigenvalue weighted by atomic mass is 19.4. The van der Waals surface area contributed by atoms with Crippen LogP contribution in [0.3, 0.4) is 0 Å². The Balaban J connectivity index is 1.52. The van der Waals surface area contributed by atoms with E-state index >= 15 is 0 Å². The van der Waals surface area contributed by atoms with Gasteiger partial charge in [0.1, 0.15) is 5.82 Å². The average Bonchev–Trinajstić information content (AvgIpc) is 2.97. The van der Waals surface area contributed by atoms with Crippen molar-refractivity contribution in [3.05, 3.63) is 35.6 Å². The minimum Gasteiger partial charge on any atom is -0.316 e. The molecule has 2 saturated heterocycles. The maximum absolute atomic E-state index is 13.0. The number of rotatable bonds is 3. The summed E-state index contributed by atoms with van der Waals surface area (Å²) in [4.78, 5) is 2.15. The van der Waals surface area contributed by atoms with Crippen LogP contribution in [0.25, 0.3) is 0 Å². The van der Waals surface area contributed by atoms with Crippen molar-refractivity contribution in [1.82, 2.24) is 10.2 Å². The van der Waals surface area contributed by atoms with E-state index in [1.807, 2.05) is 12.1 Å². The molecule has 1 aromatic rings. The molecule has 3 rings (SSSR count). The van der Waals surface area contributed by atoms with Gasteiger partial charge in [0.15, 0.2) is 0 Å². The van der Waals surface area contributed by atoms with Crippen LogP contribution in [0, 0.1) is 17.7 Å². The van der Waals surface area contributed by atoms with Gasteiger partial charge in [-0.2, -0.15) is 13.2 Å². The Morgan fingerprint density at radius 1 is 1.04 bits per heavy atom. The quantitative estimate of drug-likeness (QED) is 0.855. The van der Waals surface area contributed by atoms with Crippen LogP contribution in [0.15, 0.2) is 24.3 Å². The number of halogens is 4. The molecule has 1 aromatic carbocycles. The molecular weight excluding hydrogens is 308 g/mol. The summed E-state index contributed by atoms with van der Waals surface area (Å²) in [7, 11) is 0. The van der Waals surface area contributed by atoms with Gasteiger partial charge in [0.05, 0.1) is 5.92 Å². The summed E-state index contributed by atoms with van der Waals surface area (Å²) >= 11 is 0. The summed E-state index contributed by atoms with van der Waals surface area (Å²) in [6.45, 7) is 2.61. The summed E-state index contributed by atoms with van der Waals surface area (Å²) in [5.74, 6) is -1.43. The lowest BCUT2D eigenvalue weighted by atomic mass is 9.88. The van der Waals surface area contributed by atoms with Gasteiger partial charge in [0, 0.05) is 13.1 Å². The van der Waals surface area contributed by atoms with Crippen molar-refractivity contribution in [2.75, 3.05) is 32.7 Å². The molecule has 0 aliphatic carbocycles. The van der Waals surface area contributed by atoms with E-state index in [1.54, 1.807) is 0 Å². The Hall–Kier alpha value is -1.14. The lowest BCUT2D eigenvalue weighted by Gasteiger charge is -2.35. The number of nitrogens with one attached hydrogen (secondary N) is 1. The molecule has 0 spiro atoms. The third-order valence-electron chi connectivity index (χ3n) is 5.18. The van der Waals surface area contributed by atoms with Crippen LogP contribution in [-0.4, -0.2) is 43.8 Å². The van der Waals surface area contributed by atoms with Crippen LogP contribution in [0.2, 0.25) is 0 Å². The van der Waals surface area contributed by atoms with Gasteiger partial charge in [-0.25, -0.2) is 4.39 Å². The first-order valence-corrected chi connectivity index (χ1v) is 8.19. The molecule has 0 saturated carbocycles. The van der Waals surface area contributed by atoms with E-state index in [4.69, 9.17) is 0 Å². The number of piperidine rings is 1. The van der Waals surface area contributed by atoms with Gasteiger partial charge >= 0.3 is 6.18 Å². The fourth-order valence-corrected chi connectivity index (χ4v) is 3.82. The largest absolute Gasteiger partial charge is 0.393 e. The molecule has 2 aliphatic heterocycles. The summed E-state index contributed by atoms with van der Waals surface area (Å²) in [6, 6.07) is 6.58. The van der Waals surface area contributed by atoms with E-state index in [1.165, 1.54) is 12.1 Å². The van der Waals surface area contributed by atoms with Crippen molar-refractivity contribution in [2.45, 2.75) is 24.9 Å². The van der Waals surface area contributed by atoms with Crippen molar-refractivity contribution < 1.29 is 17.6 Å². The van der Waals surface area contributed by atoms with E-state index in [0.29, 0.717) is 19.0 Å². The zero-order valence-electron chi connectivity index (χ0n) is 13.0. The van der Waals surface area contributed by atoms with Crippen molar-refractivity contribution in [3.8, 4) is 0 Å². The highest BCUT2D eigenvalue weighted by Gasteiger charge is 2.47. The maximum Gasteiger partial charge on any atom is 0.393 e. The summed E-state index contributed by atoms with van der Waals surface area (Å²) in [5.41, 5.74) is 1.13.